The van der Waals surface area contributed by atoms with E-state index in [0.29, 0.717) is 16.8 Å². The van der Waals surface area contributed by atoms with Crippen LogP contribution in [0.1, 0.15) is 43.7 Å². The van der Waals surface area contributed by atoms with Crippen molar-refractivity contribution in [1.82, 2.24) is 4.98 Å². The molecule has 0 amide bonds. The summed E-state index contributed by atoms with van der Waals surface area (Å²) in [6.07, 6.45) is 2.95. The first-order valence-corrected chi connectivity index (χ1v) is 12.5. The molecule has 5 aromatic rings. The molecular formula is C32H28F3N. The largest absolute Gasteiger partial charge is 0.417 e. The fraction of sp³-hybridized carbons (Fsp3) is 0.219. The highest BCUT2D eigenvalue weighted by molar-refractivity contribution is 6.08. The van der Waals surface area contributed by atoms with Crippen molar-refractivity contribution < 1.29 is 13.2 Å². The van der Waals surface area contributed by atoms with Gasteiger partial charge < -0.3 is 0 Å². The van der Waals surface area contributed by atoms with Crippen LogP contribution in [0.4, 0.5) is 13.2 Å². The van der Waals surface area contributed by atoms with Gasteiger partial charge in [-0.05, 0) is 63.9 Å². The Hall–Kier alpha value is -3.66. The molecular weight excluding hydrogens is 455 g/mol. The Morgan fingerprint density at radius 3 is 2.22 bits per heavy atom. The molecule has 0 atom stereocenters. The fourth-order valence-electron chi connectivity index (χ4n) is 4.85. The van der Waals surface area contributed by atoms with Gasteiger partial charge in [-0.25, -0.2) is 0 Å². The lowest BCUT2D eigenvalue weighted by molar-refractivity contribution is -0.137. The Bertz CT molecular complexity index is 1500. The van der Waals surface area contributed by atoms with Crippen molar-refractivity contribution in [3.63, 3.8) is 0 Å². The third kappa shape index (κ3) is 4.99. The number of halogens is 3. The molecule has 0 aliphatic heterocycles. The molecule has 4 aromatic carbocycles. The molecule has 0 N–H and O–H groups in total. The van der Waals surface area contributed by atoms with Gasteiger partial charge in [-0.3, -0.25) is 4.98 Å². The van der Waals surface area contributed by atoms with Crippen LogP contribution in [0.3, 0.4) is 0 Å². The molecule has 0 bridgehead atoms. The van der Waals surface area contributed by atoms with E-state index in [1.807, 2.05) is 48.5 Å². The van der Waals surface area contributed by atoms with Crippen LogP contribution >= 0.6 is 0 Å². The highest BCUT2D eigenvalue weighted by Crippen LogP contribution is 2.39. The molecule has 5 rings (SSSR count). The predicted octanol–water partition coefficient (Wildman–Crippen LogP) is 9.86. The van der Waals surface area contributed by atoms with Gasteiger partial charge in [-0.1, -0.05) is 92.9 Å². The average molecular weight is 484 g/mol. The van der Waals surface area contributed by atoms with Crippen molar-refractivity contribution in [1.29, 1.82) is 0 Å². The zero-order valence-corrected chi connectivity index (χ0v) is 20.3. The van der Waals surface area contributed by atoms with Gasteiger partial charge in [-0.15, -0.1) is 0 Å². The molecule has 36 heavy (non-hydrogen) atoms. The molecule has 0 aliphatic carbocycles. The number of unbranched alkanes of at least 4 members (excludes halogenated alkanes) is 3. The first-order chi connectivity index (χ1) is 17.4. The highest BCUT2D eigenvalue weighted by atomic mass is 19.4. The minimum Gasteiger partial charge on any atom is -0.256 e. The summed E-state index contributed by atoms with van der Waals surface area (Å²) in [7, 11) is 0. The third-order valence-electron chi connectivity index (χ3n) is 6.83. The quantitative estimate of drug-likeness (QED) is 0.166. The Kier molecular flexibility index (Phi) is 6.77. The summed E-state index contributed by atoms with van der Waals surface area (Å²) in [5, 5.41) is 4.25. The summed E-state index contributed by atoms with van der Waals surface area (Å²) in [4.78, 5) is 4.59. The number of hydrogen-bond acceptors (Lipinski definition) is 1. The van der Waals surface area contributed by atoms with E-state index in [0.717, 1.165) is 39.9 Å². The van der Waals surface area contributed by atoms with Gasteiger partial charge in [0.05, 0.1) is 11.3 Å². The molecule has 0 spiro atoms. The minimum absolute atomic E-state index is 0.178. The maximum Gasteiger partial charge on any atom is 0.417 e. The number of fused-ring (bicyclic) bond motifs is 3. The summed E-state index contributed by atoms with van der Waals surface area (Å²) >= 11 is 0. The molecule has 1 heterocycles. The summed E-state index contributed by atoms with van der Waals surface area (Å²) in [5.74, 6) is 0. The van der Waals surface area contributed by atoms with Gasteiger partial charge in [0.15, 0.2) is 0 Å². The van der Waals surface area contributed by atoms with E-state index in [4.69, 9.17) is 0 Å². The molecule has 1 aromatic heterocycles. The number of benzene rings is 4. The lowest BCUT2D eigenvalue weighted by Crippen LogP contribution is -2.07. The number of alkyl halides is 3. The molecule has 0 radical (unpaired) electrons. The summed E-state index contributed by atoms with van der Waals surface area (Å²) < 4.78 is 41.9. The van der Waals surface area contributed by atoms with Gasteiger partial charge in [-0.2, -0.15) is 13.2 Å². The van der Waals surface area contributed by atoms with Crippen LogP contribution in [-0.4, -0.2) is 4.98 Å². The number of pyridine rings is 1. The molecule has 4 heteroatoms. The second kappa shape index (κ2) is 10.1. The second-order valence-corrected chi connectivity index (χ2v) is 9.34. The van der Waals surface area contributed by atoms with Crippen molar-refractivity contribution in [2.24, 2.45) is 0 Å². The molecule has 0 saturated heterocycles. The van der Waals surface area contributed by atoms with Crippen molar-refractivity contribution in [3.05, 3.63) is 102 Å². The van der Waals surface area contributed by atoms with Crippen molar-refractivity contribution >= 4 is 21.5 Å². The van der Waals surface area contributed by atoms with Gasteiger partial charge in [0.1, 0.15) is 0 Å². The van der Waals surface area contributed by atoms with E-state index in [9.17, 15) is 13.2 Å². The van der Waals surface area contributed by atoms with Crippen LogP contribution < -0.4 is 0 Å². The standard InChI is InChI=1S/C32H28F3N/c1-2-3-4-5-8-22-11-13-24(14-12-22)29-19-25(17-18-30(29)32(33,34)35)31-20-28-26(21-36-31)16-15-23-9-6-7-10-27(23)28/h6-7,9-21H,2-5,8H2,1H3. The second-order valence-electron chi connectivity index (χ2n) is 9.34. The van der Waals surface area contributed by atoms with Crippen LogP contribution in [0.15, 0.2) is 91.1 Å². The highest BCUT2D eigenvalue weighted by Gasteiger charge is 2.33. The van der Waals surface area contributed by atoms with Gasteiger partial charge in [0, 0.05) is 17.1 Å². The van der Waals surface area contributed by atoms with Crippen LogP contribution in [-0.2, 0) is 12.6 Å². The van der Waals surface area contributed by atoms with Crippen molar-refractivity contribution in [3.8, 4) is 22.4 Å². The van der Waals surface area contributed by atoms with E-state index in [1.54, 1.807) is 12.3 Å². The van der Waals surface area contributed by atoms with Crippen LogP contribution in [0.5, 0.6) is 0 Å². The van der Waals surface area contributed by atoms with E-state index in [2.05, 4.69) is 30.1 Å². The maximum absolute atomic E-state index is 14.0. The van der Waals surface area contributed by atoms with E-state index in [1.165, 1.54) is 31.4 Å². The number of nitrogens with zero attached hydrogens (tertiary/aromatic N) is 1. The molecule has 182 valence electrons. The van der Waals surface area contributed by atoms with Crippen molar-refractivity contribution in [2.75, 3.05) is 0 Å². The SMILES string of the molecule is CCCCCCc1ccc(-c2cc(-c3cc4c(ccc5ccccc54)cn3)ccc2C(F)(F)F)cc1. The van der Waals surface area contributed by atoms with Crippen LogP contribution in [0.2, 0.25) is 0 Å². The Morgan fingerprint density at radius 2 is 1.44 bits per heavy atom. The third-order valence-corrected chi connectivity index (χ3v) is 6.83. The normalized spacial score (nSPS) is 11.9. The van der Waals surface area contributed by atoms with Crippen LogP contribution in [0.25, 0.3) is 43.9 Å². The maximum atomic E-state index is 14.0. The molecule has 0 unspecified atom stereocenters. The molecule has 0 saturated carbocycles. The Labute approximate surface area is 209 Å². The number of aromatic nitrogens is 1. The summed E-state index contributed by atoms with van der Waals surface area (Å²) in [6.45, 7) is 2.18. The zero-order valence-electron chi connectivity index (χ0n) is 20.3. The number of hydrogen-bond donors (Lipinski definition) is 0. The Balaban J connectivity index is 1.55. The minimum atomic E-state index is -4.44. The average Bonchev–Trinajstić information content (AvgIpc) is 2.90. The fourth-order valence-corrected chi connectivity index (χ4v) is 4.85. The lowest BCUT2D eigenvalue weighted by Gasteiger charge is -2.15. The van der Waals surface area contributed by atoms with Crippen molar-refractivity contribution in [2.45, 2.75) is 45.2 Å². The first-order valence-electron chi connectivity index (χ1n) is 12.5. The summed E-state index contributed by atoms with van der Waals surface area (Å²) in [6, 6.07) is 26.0. The zero-order chi connectivity index (χ0) is 25.1. The summed E-state index contributed by atoms with van der Waals surface area (Å²) in [5.41, 5.74) is 2.58. The molecule has 1 nitrogen and oxygen atoms in total. The smallest absolute Gasteiger partial charge is 0.256 e. The number of rotatable bonds is 7. The topological polar surface area (TPSA) is 12.9 Å². The van der Waals surface area contributed by atoms with Gasteiger partial charge in [0.25, 0.3) is 0 Å². The van der Waals surface area contributed by atoms with E-state index >= 15 is 0 Å². The number of aryl methyl sites for hydroxylation is 1. The predicted molar refractivity (Wildman–Crippen MR) is 143 cm³/mol. The Morgan fingerprint density at radius 1 is 0.694 bits per heavy atom. The van der Waals surface area contributed by atoms with Crippen LogP contribution in [0, 0.1) is 0 Å². The van der Waals surface area contributed by atoms with Gasteiger partial charge >= 0.3 is 6.18 Å². The van der Waals surface area contributed by atoms with E-state index < -0.39 is 11.7 Å². The first kappa shape index (κ1) is 24.1. The van der Waals surface area contributed by atoms with Gasteiger partial charge in [0.2, 0.25) is 0 Å². The monoisotopic (exact) mass is 483 g/mol. The lowest BCUT2D eigenvalue weighted by atomic mass is 9.94. The molecule has 0 aliphatic rings. The molecule has 0 fully saturated rings. The van der Waals surface area contributed by atoms with E-state index in [-0.39, 0.29) is 5.56 Å².